The van der Waals surface area contributed by atoms with E-state index >= 15 is 0 Å². The van der Waals surface area contributed by atoms with Crippen LogP contribution in [0.2, 0.25) is 0 Å². The molecule has 108 valence electrons. The fourth-order valence-electron chi connectivity index (χ4n) is 2.73. The van der Waals surface area contributed by atoms with Gasteiger partial charge in [0.1, 0.15) is 5.76 Å². The van der Waals surface area contributed by atoms with E-state index in [1.807, 2.05) is 0 Å². The van der Waals surface area contributed by atoms with Crippen LogP contribution in [0, 0.1) is 5.41 Å². The summed E-state index contributed by atoms with van der Waals surface area (Å²) < 4.78 is 5.14. The Kier molecular flexibility index (Phi) is 3.23. The molecule has 2 saturated carbocycles. The van der Waals surface area contributed by atoms with Crippen LogP contribution in [0.5, 0.6) is 0 Å². The molecule has 2 aliphatic carbocycles. The van der Waals surface area contributed by atoms with Crippen LogP contribution >= 0.6 is 0 Å². The number of amides is 1. The third-order valence-electron chi connectivity index (χ3n) is 4.31. The van der Waals surface area contributed by atoms with E-state index in [1.165, 1.54) is 0 Å². The maximum Gasteiger partial charge on any atom is 0.303 e. The SMILES string of the molecule is O=C(O)CC1(CNC(=O)c2cc(C3CC3)on2)CCC1. The number of carbonyl (C=O) groups is 2. The molecule has 0 saturated heterocycles. The second-order valence-corrected chi connectivity index (χ2v) is 6.00. The number of carboxylic acid groups (broad SMARTS) is 1. The number of aromatic nitrogens is 1. The van der Waals surface area contributed by atoms with Gasteiger partial charge in [-0.15, -0.1) is 0 Å². The molecule has 0 spiro atoms. The Balaban J connectivity index is 1.56. The van der Waals surface area contributed by atoms with Gasteiger partial charge in [-0.3, -0.25) is 9.59 Å². The summed E-state index contributed by atoms with van der Waals surface area (Å²) in [4.78, 5) is 22.9. The third kappa shape index (κ3) is 2.69. The number of hydrogen-bond donors (Lipinski definition) is 2. The highest BCUT2D eigenvalue weighted by Gasteiger charge is 2.39. The minimum Gasteiger partial charge on any atom is -0.481 e. The van der Waals surface area contributed by atoms with Gasteiger partial charge in [0.2, 0.25) is 0 Å². The summed E-state index contributed by atoms with van der Waals surface area (Å²) in [5.74, 6) is 0.113. The van der Waals surface area contributed by atoms with Crippen LogP contribution in [0.3, 0.4) is 0 Å². The van der Waals surface area contributed by atoms with Crippen LogP contribution in [0.15, 0.2) is 10.6 Å². The van der Waals surface area contributed by atoms with Crippen molar-refractivity contribution in [2.45, 2.75) is 44.4 Å². The summed E-state index contributed by atoms with van der Waals surface area (Å²) in [5.41, 5.74) is 0.0153. The standard InChI is InChI=1S/C14H18N2O4/c17-12(18)7-14(4-1-5-14)8-15-13(19)10-6-11(20-16-10)9-2-3-9/h6,9H,1-5,7-8H2,(H,15,19)(H,17,18). The fraction of sp³-hybridized carbons (Fsp3) is 0.643. The summed E-state index contributed by atoms with van der Waals surface area (Å²) in [6.45, 7) is 0.393. The van der Waals surface area contributed by atoms with E-state index in [0.717, 1.165) is 37.9 Å². The van der Waals surface area contributed by atoms with Gasteiger partial charge in [-0.25, -0.2) is 0 Å². The first-order chi connectivity index (χ1) is 9.58. The average Bonchev–Trinajstić information content (AvgIpc) is 3.09. The van der Waals surface area contributed by atoms with Crippen LogP contribution in [-0.4, -0.2) is 28.7 Å². The summed E-state index contributed by atoms with van der Waals surface area (Å²) in [6, 6.07) is 1.69. The number of aliphatic carboxylic acids is 1. The molecule has 1 heterocycles. The van der Waals surface area contributed by atoms with Crippen LogP contribution in [0.1, 0.15) is 60.7 Å². The van der Waals surface area contributed by atoms with Crippen molar-refractivity contribution in [3.05, 3.63) is 17.5 Å². The largest absolute Gasteiger partial charge is 0.481 e. The van der Waals surface area contributed by atoms with Crippen molar-refractivity contribution in [3.8, 4) is 0 Å². The molecule has 20 heavy (non-hydrogen) atoms. The molecule has 0 aliphatic heterocycles. The maximum absolute atomic E-state index is 12.0. The topological polar surface area (TPSA) is 92.4 Å². The van der Waals surface area contributed by atoms with Gasteiger partial charge in [0.05, 0.1) is 6.42 Å². The van der Waals surface area contributed by atoms with Crippen molar-refractivity contribution in [2.75, 3.05) is 6.54 Å². The van der Waals surface area contributed by atoms with E-state index in [4.69, 9.17) is 9.63 Å². The first-order valence-electron chi connectivity index (χ1n) is 7.05. The highest BCUT2D eigenvalue weighted by atomic mass is 16.5. The van der Waals surface area contributed by atoms with E-state index in [1.54, 1.807) is 6.07 Å². The fourth-order valence-corrected chi connectivity index (χ4v) is 2.73. The monoisotopic (exact) mass is 278 g/mol. The quantitative estimate of drug-likeness (QED) is 0.829. The van der Waals surface area contributed by atoms with Gasteiger partial charge in [0.25, 0.3) is 5.91 Å². The molecule has 2 N–H and O–H groups in total. The summed E-state index contributed by atoms with van der Waals surface area (Å²) in [7, 11) is 0. The van der Waals surface area contributed by atoms with Gasteiger partial charge < -0.3 is 14.9 Å². The van der Waals surface area contributed by atoms with Crippen LogP contribution in [-0.2, 0) is 4.79 Å². The second-order valence-electron chi connectivity index (χ2n) is 6.00. The molecule has 0 aromatic carbocycles. The van der Waals surface area contributed by atoms with Crippen molar-refractivity contribution >= 4 is 11.9 Å². The normalized spacial score (nSPS) is 20.2. The molecule has 1 aromatic rings. The first kappa shape index (κ1) is 13.1. The molecule has 0 unspecified atom stereocenters. The molecular weight excluding hydrogens is 260 g/mol. The smallest absolute Gasteiger partial charge is 0.303 e. The van der Waals surface area contributed by atoms with Gasteiger partial charge in [0, 0.05) is 18.5 Å². The molecule has 3 rings (SSSR count). The molecule has 1 aromatic heterocycles. The Morgan fingerprint density at radius 1 is 1.45 bits per heavy atom. The molecule has 6 heteroatoms. The zero-order valence-electron chi connectivity index (χ0n) is 11.2. The predicted molar refractivity (Wildman–Crippen MR) is 69.3 cm³/mol. The van der Waals surface area contributed by atoms with Crippen LogP contribution in [0.4, 0.5) is 0 Å². The summed E-state index contributed by atoms with van der Waals surface area (Å²) >= 11 is 0. The summed E-state index contributed by atoms with van der Waals surface area (Å²) in [6.07, 6.45) is 5.03. The van der Waals surface area contributed by atoms with Crippen molar-refractivity contribution < 1.29 is 19.2 Å². The van der Waals surface area contributed by atoms with E-state index in [2.05, 4.69) is 10.5 Å². The van der Waals surface area contributed by atoms with Crippen LogP contribution < -0.4 is 5.32 Å². The van der Waals surface area contributed by atoms with Crippen molar-refractivity contribution in [1.29, 1.82) is 0 Å². The minimum atomic E-state index is -0.809. The molecule has 1 amide bonds. The number of carboxylic acids is 1. The Morgan fingerprint density at radius 3 is 2.75 bits per heavy atom. The minimum absolute atomic E-state index is 0.111. The Hall–Kier alpha value is -1.85. The van der Waals surface area contributed by atoms with E-state index in [9.17, 15) is 9.59 Å². The van der Waals surface area contributed by atoms with Crippen molar-refractivity contribution in [1.82, 2.24) is 10.5 Å². The average molecular weight is 278 g/mol. The lowest BCUT2D eigenvalue weighted by molar-refractivity contribution is -0.141. The zero-order chi connectivity index (χ0) is 14.2. The molecule has 0 atom stereocenters. The van der Waals surface area contributed by atoms with E-state index in [0.29, 0.717) is 12.5 Å². The number of carbonyl (C=O) groups excluding carboxylic acids is 1. The second kappa shape index (κ2) is 4.92. The third-order valence-corrected chi connectivity index (χ3v) is 4.31. The van der Waals surface area contributed by atoms with Crippen molar-refractivity contribution in [2.24, 2.45) is 5.41 Å². The first-order valence-corrected chi connectivity index (χ1v) is 7.05. The molecule has 2 fully saturated rings. The maximum atomic E-state index is 12.0. The Labute approximate surface area is 116 Å². The Bertz CT molecular complexity index is 529. The molecule has 6 nitrogen and oxygen atoms in total. The number of nitrogens with zero attached hydrogens (tertiary/aromatic N) is 1. The van der Waals surface area contributed by atoms with E-state index in [-0.39, 0.29) is 23.4 Å². The lowest BCUT2D eigenvalue weighted by Gasteiger charge is -2.40. The van der Waals surface area contributed by atoms with E-state index < -0.39 is 5.97 Å². The lowest BCUT2D eigenvalue weighted by atomic mass is 9.66. The number of hydrogen-bond acceptors (Lipinski definition) is 4. The molecule has 0 bridgehead atoms. The molecular formula is C14H18N2O4. The highest BCUT2D eigenvalue weighted by molar-refractivity contribution is 5.92. The van der Waals surface area contributed by atoms with Gasteiger partial charge in [-0.1, -0.05) is 11.6 Å². The number of rotatable bonds is 6. The van der Waals surface area contributed by atoms with Crippen LogP contribution in [0.25, 0.3) is 0 Å². The van der Waals surface area contributed by atoms with Gasteiger partial charge in [-0.05, 0) is 31.1 Å². The van der Waals surface area contributed by atoms with Gasteiger partial charge >= 0.3 is 5.97 Å². The molecule has 0 radical (unpaired) electrons. The highest BCUT2D eigenvalue weighted by Crippen LogP contribution is 2.43. The summed E-state index contributed by atoms with van der Waals surface area (Å²) in [5, 5.41) is 15.5. The van der Waals surface area contributed by atoms with Crippen molar-refractivity contribution in [3.63, 3.8) is 0 Å². The molecule has 2 aliphatic rings. The van der Waals surface area contributed by atoms with Gasteiger partial charge in [-0.2, -0.15) is 0 Å². The predicted octanol–water partition coefficient (Wildman–Crippen LogP) is 1.93. The lowest BCUT2D eigenvalue weighted by Crippen LogP contribution is -2.43. The zero-order valence-corrected chi connectivity index (χ0v) is 11.2. The number of nitrogens with one attached hydrogen (secondary N) is 1. The van der Waals surface area contributed by atoms with Gasteiger partial charge in [0.15, 0.2) is 5.69 Å². The Morgan fingerprint density at radius 2 is 2.20 bits per heavy atom.